The van der Waals surface area contributed by atoms with Crippen LogP contribution in [0.3, 0.4) is 0 Å². The van der Waals surface area contributed by atoms with Gasteiger partial charge in [0.15, 0.2) is 0 Å². The van der Waals surface area contributed by atoms with Crippen LogP contribution in [0.15, 0.2) is 42.5 Å². The van der Waals surface area contributed by atoms with Gasteiger partial charge >= 0.3 is 0 Å². The Morgan fingerprint density at radius 1 is 1.04 bits per heavy atom. The van der Waals surface area contributed by atoms with E-state index in [0.29, 0.717) is 11.3 Å². The second kappa shape index (κ2) is 9.18. The van der Waals surface area contributed by atoms with Crippen LogP contribution in [0.2, 0.25) is 0 Å². The fourth-order valence-corrected chi connectivity index (χ4v) is 3.18. The van der Waals surface area contributed by atoms with Crippen LogP contribution < -0.4 is 10.2 Å². The Hall–Kier alpha value is -3.13. The first-order valence-electron chi connectivity index (χ1n) is 9.45. The summed E-state index contributed by atoms with van der Waals surface area (Å²) in [6, 6.07) is 14.8. The molecule has 2 rings (SSSR count). The van der Waals surface area contributed by atoms with Crippen LogP contribution in [0.5, 0.6) is 0 Å². The Labute approximate surface area is 167 Å². The van der Waals surface area contributed by atoms with E-state index >= 15 is 0 Å². The van der Waals surface area contributed by atoms with Crippen LogP contribution in [0.25, 0.3) is 0 Å². The van der Waals surface area contributed by atoms with E-state index in [1.807, 2.05) is 24.3 Å². The quantitative estimate of drug-likeness (QED) is 0.786. The molecule has 0 atom stereocenters. The number of para-hydroxylation sites is 1. The normalized spacial score (nSPS) is 10.6. The molecule has 2 amide bonds. The van der Waals surface area contributed by atoms with E-state index in [1.165, 1.54) is 6.92 Å². The van der Waals surface area contributed by atoms with Gasteiger partial charge in [-0.3, -0.25) is 9.59 Å². The number of nitrogens with zero attached hydrogens (tertiary/aromatic N) is 2. The lowest BCUT2D eigenvalue weighted by Crippen LogP contribution is -2.38. The molecule has 0 bridgehead atoms. The zero-order valence-electron chi connectivity index (χ0n) is 17.1. The summed E-state index contributed by atoms with van der Waals surface area (Å²) in [5.41, 5.74) is 3.91. The van der Waals surface area contributed by atoms with E-state index in [1.54, 1.807) is 29.2 Å². The standard InChI is InChI=1S/C23H27N3O2/c1-15(2)20-10-7-11-21(16(3)4)23(20)26(17(5)27)14-22(28)25-19-9-6-8-18(12-19)13-24/h6-12,15-16H,14H2,1-5H3,(H,25,28). The van der Waals surface area contributed by atoms with Crippen molar-refractivity contribution in [3.63, 3.8) is 0 Å². The minimum absolute atomic E-state index is 0.0877. The molecule has 146 valence electrons. The minimum atomic E-state index is -0.307. The van der Waals surface area contributed by atoms with Crippen molar-refractivity contribution >= 4 is 23.2 Å². The van der Waals surface area contributed by atoms with Gasteiger partial charge in [0.1, 0.15) is 6.54 Å². The fraction of sp³-hybridized carbons (Fsp3) is 0.348. The third kappa shape index (κ3) is 4.98. The van der Waals surface area contributed by atoms with Crippen molar-refractivity contribution < 1.29 is 9.59 Å². The van der Waals surface area contributed by atoms with Crippen molar-refractivity contribution in [3.8, 4) is 6.07 Å². The molecule has 0 saturated heterocycles. The summed E-state index contributed by atoms with van der Waals surface area (Å²) in [4.78, 5) is 26.7. The lowest BCUT2D eigenvalue weighted by molar-refractivity contribution is -0.120. The summed E-state index contributed by atoms with van der Waals surface area (Å²) in [6.45, 7) is 9.70. The van der Waals surface area contributed by atoms with E-state index < -0.39 is 0 Å². The Bertz CT molecular complexity index is 884. The number of hydrogen-bond acceptors (Lipinski definition) is 3. The first kappa shape index (κ1) is 21.2. The van der Waals surface area contributed by atoms with Crippen molar-refractivity contribution in [1.29, 1.82) is 5.26 Å². The van der Waals surface area contributed by atoms with Crippen molar-refractivity contribution in [2.45, 2.75) is 46.5 Å². The molecule has 0 aliphatic rings. The van der Waals surface area contributed by atoms with Gasteiger partial charge < -0.3 is 10.2 Å². The number of amides is 2. The molecule has 0 aliphatic heterocycles. The molecule has 0 aromatic heterocycles. The summed E-state index contributed by atoms with van der Waals surface area (Å²) < 4.78 is 0. The highest BCUT2D eigenvalue weighted by molar-refractivity contribution is 6.02. The lowest BCUT2D eigenvalue weighted by atomic mass is 9.91. The molecule has 0 spiro atoms. The number of nitrogens with one attached hydrogen (secondary N) is 1. The Balaban J connectivity index is 2.37. The van der Waals surface area contributed by atoms with Crippen LogP contribution in [-0.4, -0.2) is 18.4 Å². The monoisotopic (exact) mass is 377 g/mol. The van der Waals surface area contributed by atoms with E-state index in [9.17, 15) is 9.59 Å². The molecular formula is C23H27N3O2. The van der Waals surface area contributed by atoms with Crippen LogP contribution in [0.4, 0.5) is 11.4 Å². The number of rotatable bonds is 6. The molecule has 0 saturated carbocycles. The van der Waals surface area contributed by atoms with E-state index in [0.717, 1.165) is 16.8 Å². The molecule has 0 unspecified atom stereocenters. The van der Waals surface area contributed by atoms with Gasteiger partial charge in [0.25, 0.3) is 0 Å². The van der Waals surface area contributed by atoms with Gasteiger partial charge in [-0.05, 0) is 41.2 Å². The average Bonchev–Trinajstić information content (AvgIpc) is 2.65. The summed E-state index contributed by atoms with van der Waals surface area (Å²) in [5, 5.41) is 11.8. The molecule has 5 heteroatoms. The summed E-state index contributed by atoms with van der Waals surface area (Å²) in [7, 11) is 0. The third-order valence-corrected chi connectivity index (χ3v) is 4.57. The van der Waals surface area contributed by atoms with Crippen LogP contribution in [0.1, 0.15) is 63.1 Å². The first-order chi connectivity index (χ1) is 13.2. The largest absolute Gasteiger partial charge is 0.324 e. The van der Waals surface area contributed by atoms with Gasteiger partial charge in [-0.15, -0.1) is 0 Å². The van der Waals surface area contributed by atoms with Crippen molar-refractivity contribution in [2.75, 3.05) is 16.8 Å². The smallest absolute Gasteiger partial charge is 0.244 e. The number of carbonyl (C=O) groups excluding carboxylic acids is 2. The molecule has 1 N–H and O–H groups in total. The molecular weight excluding hydrogens is 350 g/mol. The SMILES string of the molecule is CC(=O)N(CC(=O)Nc1cccc(C#N)c1)c1c(C(C)C)cccc1C(C)C. The summed E-state index contributed by atoms with van der Waals surface area (Å²) in [6.07, 6.45) is 0. The predicted molar refractivity (Wildman–Crippen MR) is 112 cm³/mol. The highest BCUT2D eigenvalue weighted by Crippen LogP contribution is 2.35. The zero-order chi connectivity index (χ0) is 20.8. The number of benzene rings is 2. The highest BCUT2D eigenvalue weighted by atomic mass is 16.2. The Kier molecular flexibility index (Phi) is 6.94. The Morgan fingerprint density at radius 2 is 1.61 bits per heavy atom. The van der Waals surface area contributed by atoms with Crippen molar-refractivity contribution in [1.82, 2.24) is 0 Å². The Morgan fingerprint density at radius 3 is 2.11 bits per heavy atom. The predicted octanol–water partition coefficient (Wildman–Crippen LogP) is 4.80. The van der Waals surface area contributed by atoms with Gasteiger partial charge in [-0.1, -0.05) is 52.0 Å². The number of nitriles is 1. The topological polar surface area (TPSA) is 73.2 Å². The molecule has 0 heterocycles. The lowest BCUT2D eigenvalue weighted by Gasteiger charge is -2.29. The number of anilines is 2. The third-order valence-electron chi connectivity index (χ3n) is 4.57. The van der Waals surface area contributed by atoms with Crippen LogP contribution in [-0.2, 0) is 9.59 Å². The number of carbonyl (C=O) groups is 2. The molecule has 0 radical (unpaired) electrons. The molecule has 5 nitrogen and oxygen atoms in total. The second-order valence-corrected chi connectivity index (χ2v) is 7.44. The molecule has 0 fully saturated rings. The maximum atomic E-state index is 12.7. The van der Waals surface area contributed by atoms with Gasteiger partial charge in [0.2, 0.25) is 11.8 Å². The van der Waals surface area contributed by atoms with E-state index in [-0.39, 0.29) is 30.2 Å². The van der Waals surface area contributed by atoms with Crippen molar-refractivity contribution in [2.24, 2.45) is 0 Å². The van der Waals surface area contributed by atoms with Crippen molar-refractivity contribution in [3.05, 3.63) is 59.2 Å². The summed E-state index contributed by atoms with van der Waals surface area (Å²) in [5.74, 6) is -0.0636. The molecule has 28 heavy (non-hydrogen) atoms. The second-order valence-electron chi connectivity index (χ2n) is 7.44. The first-order valence-corrected chi connectivity index (χ1v) is 9.45. The maximum Gasteiger partial charge on any atom is 0.244 e. The van der Waals surface area contributed by atoms with Gasteiger partial charge in [-0.25, -0.2) is 0 Å². The van der Waals surface area contributed by atoms with Crippen LogP contribution in [0, 0.1) is 11.3 Å². The zero-order valence-corrected chi connectivity index (χ0v) is 17.1. The van der Waals surface area contributed by atoms with Gasteiger partial charge in [0, 0.05) is 12.6 Å². The van der Waals surface area contributed by atoms with Crippen LogP contribution >= 0.6 is 0 Å². The van der Waals surface area contributed by atoms with Gasteiger partial charge in [0.05, 0.1) is 17.3 Å². The fourth-order valence-electron chi connectivity index (χ4n) is 3.18. The summed E-state index contributed by atoms with van der Waals surface area (Å²) >= 11 is 0. The molecule has 0 aliphatic carbocycles. The van der Waals surface area contributed by atoms with E-state index in [4.69, 9.17) is 5.26 Å². The minimum Gasteiger partial charge on any atom is -0.324 e. The maximum absolute atomic E-state index is 12.7. The highest BCUT2D eigenvalue weighted by Gasteiger charge is 2.24. The molecule has 2 aromatic carbocycles. The van der Waals surface area contributed by atoms with Gasteiger partial charge in [-0.2, -0.15) is 5.26 Å². The average molecular weight is 377 g/mol. The number of hydrogen-bond donors (Lipinski definition) is 1. The molecule has 2 aromatic rings. The van der Waals surface area contributed by atoms with E-state index in [2.05, 4.69) is 33.0 Å².